The molecule has 0 aromatic carbocycles. The van der Waals surface area contributed by atoms with Gasteiger partial charge >= 0.3 is 0 Å². The average Bonchev–Trinajstić information content (AvgIpc) is 2.63. The molecule has 0 radical (unpaired) electrons. The Morgan fingerprint density at radius 2 is 2.36 bits per heavy atom. The molecule has 0 N–H and O–H groups in total. The van der Waals surface area contributed by atoms with E-state index in [1.807, 2.05) is 0 Å². The van der Waals surface area contributed by atoms with Crippen LogP contribution in [0.15, 0.2) is 4.34 Å². The quantitative estimate of drug-likeness (QED) is 0.571. The van der Waals surface area contributed by atoms with Crippen molar-refractivity contribution in [2.45, 2.75) is 31.0 Å². The summed E-state index contributed by atoms with van der Waals surface area (Å²) in [5.41, 5.74) is 0. The highest BCUT2D eigenvalue weighted by Crippen LogP contribution is 2.23. The molecule has 0 saturated heterocycles. The Bertz CT molecular complexity index is 265. The fraction of sp³-hybridized carbons (Fsp3) is 0.778. The van der Waals surface area contributed by atoms with Gasteiger partial charge in [-0.25, -0.2) is 4.98 Å². The third-order valence-electron chi connectivity index (χ3n) is 1.68. The molecule has 1 unspecified atom stereocenters. The van der Waals surface area contributed by atoms with Crippen LogP contribution in [-0.2, 0) is 6.42 Å². The standard InChI is InChI=1S/C9H15ClN2S2/c1-3-4-8-11-9(14-12-8)13-6-7(2)5-10/h7H,3-6H2,1-2H3. The SMILES string of the molecule is CCCc1nsc(SCC(C)CCl)n1. The zero-order valence-corrected chi connectivity index (χ0v) is 10.9. The first kappa shape index (κ1) is 12.3. The molecule has 1 atom stereocenters. The fourth-order valence-electron chi connectivity index (χ4n) is 0.880. The molecule has 2 nitrogen and oxygen atoms in total. The molecule has 80 valence electrons. The molecular weight excluding hydrogens is 236 g/mol. The van der Waals surface area contributed by atoms with Crippen molar-refractivity contribution in [2.24, 2.45) is 5.92 Å². The lowest BCUT2D eigenvalue weighted by Gasteiger charge is -2.02. The molecule has 1 heterocycles. The Morgan fingerprint density at radius 1 is 1.57 bits per heavy atom. The third-order valence-corrected chi connectivity index (χ3v) is 4.41. The van der Waals surface area contributed by atoms with Crippen molar-refractivity contribution in [2.75, 3.05) is 11.6 Å². The summed E-state index contributed by atoms with van der Waals surface area (Å²) >= 11 is 8.99. The second-order valence-electron chi connectivity index (χ2n) is 3.30. The van der Waals surface area contributed by atoms with Crippen LogP contribution in [0.2, 0.25) is 0 Å². The van der Waals surface area contributed by atoms with E-state index in [9.17, 15) is 0 Å². The molecule has 0 aliphatic carbocycles. The van der Waals surface area contributed by atoms with Crippen molar-refractivity contribution < 1.29 is 0 Å². The van der Waals surface area contributed by atoms with Crippen molar-refractivity contribution in [3.05, 3.63) is 5.82 Å². The van der Waals surface area contributed by atoms with Gasteiger partial charge in [-0.3, -0.25) is 0 Å². The highest BCUT2D eigenvalue weighted by molar-refractivity contribution is 8.00. The third kappa shape index (κ3) is 4.15. The minimum absolute atomic E-state index is 0.542. The minimum Gasteiger partial charge on any atom is -0.213 e. The number of hydrogen-bond acceptors (Lipinski definition) is 4. The topological polar surface area (TPSA) is 25.8 Å². The van der Waals surface area contributed by atoms with Gasteiger partial charge in [-0.1, -0.05) is 25.6 Å². The Kier molecular flexibility index (Phi) is 5.82. The van der Waals surface area contributed by atoms with Gasteiger partial charge in [-0.2, -0.15) is 4.37 Å². The summed E-state index contributed by atoms with van der Waals surface area (Å²) in [6, 6.07) is 0. The van der Waals surface area contributed by atoms with Gasteiger partial charge in [0.1, 0.15) is 5.82 Å². The van der Waals surface area contributed by atoms with Crippen molar-refractivity contribution in [3.8, 4) is 0 Å². The summed E-state index contributed by atoms with van der Waals surface area (Å²) in [7, 11) is 0. The maximum Gasteiger partial charge on any atom is 0.170 e. The van der Waals surface area contributed by atoms with Gasteiger partial charge in [-0.15, -0.1) is 11.6 Å². The molecule has 0 spiro atoms. The molecule has 1 rings (SSSR count). The number of alkyl halides is 1. The predicted octanol–water partition coefficient (Wildman–Crippen LogP) is 3.46. The van der Waals surface area contributed by atoms with Crippen LogP contribution in [0, 0.1) is 5.92 Å². The largest absolute Gasteiger partial charge is 0.213 e. The maximum atomic E-state index is 5.73. The number of rotatable bonds is 6. The van der Waals surface area contributed by atoms with E-state index in [-0.39, 0.29) is 0 Å². The average molecular weight is 251 g/mol. The summed E-state index contributed by atoms with van der Waals surface area (Å²) in [5.74, 6) is 3.27. The molecule has 14 heavy (non-hydrogen) atoms. The first-order valence-electron chi connectivity index (χ1n) is 4.77. The van der Waals surface area contributed by atoms with Crippen LogP contribution < -0.4 is 0 Å². The predicted molar refractivity (Wildman–Crippen MR) is 64.5 cm³/mol. The van der Waals surface area contributed by atoms with Gasteiger partial charge in [0.2, 0.25) is 0 Å². The first-order valence-corrected chi connectivity index (χ1v) is 7.07. The van der Waals surface area contributed by atoms with Crippen molar-refractivity contribution >= 4 is 34.9 Å². The normalized spacial score (nSPS) is 13.1. The number of halogens is 1. The monoisotopic (exact) mass is 250 g/mol. The first-order chi connectivity index (χ1) is 6.76. The second-order valence-corrected chi connectivity index (χ2v) is 5.62. The van der Waals surface area contributed by atoms with Gasteiger partial charge in [0.25, 0.3) is 0 Å². The summed E-state index contributed by atoms with van der Waals surface area (Å²) in [5, 5.41) is 0. The molecular formula is C9H15ClN2S2. The van der Waals surface area contributed by atoms with Crippen molar-refractivity contribution in [1.29, 1.82) is 0 Å². The number of aromatic nitrogens is 2. The van der Waals surface area contributed by atoms with E-state index in [0.717, 1.165) is 28.8 Å². The van der Waals surface area contributed by atoms with Crippen LogP contribution >= 0.6 is 34.9 Å². The van der Waals surface area contributed by atoms with Gasteiger partial charge < -0.3 is 0 Å². The van der Waals surface area contributed by atoms with E-state index in [1.54, 1.807) is 11.8 Å². The number of nitrogens with zero attached hydrogens (tertiary/aromatic N) is 2. The van der Waals surface area contributed by atoms with Crippen LogP contribution in [0.4, 0.5) is 0 Å². The molecule has 0 bridgehead atoms. The molecule has 1 aromatic heterocycles. The summed E-state index contributed by atoms with van der Waals surface area (Å²) in [6.07, 6.45) is 2.10. The molecule has 5 heteroatoms. The lowest BCUT2D eigenvalue weighted by molar-refractivity contribution is 0.758. The number of hydrogen-bond donors (Lipinski definition) is 0. The van der Waals surface area contributed by atoms with E-state index < -0.39 is 0 Å². The highest BCUT2D eigenvalue weighted by atomic mass is 35.5. The van der Waals surface area contributed by atoms with E-state index >= 15 is 0 Å². The Morgan fingerprint density at radius 3 is 3.00 bits per heavy atom. The van der Waals surface area contributed by atoms with Gasteiger partial charge in [-0.05, 0) is 23.9 Å². The Balaban J connectivity index is 2.35. The molecule has 0 aliphatic rings. The van der Waals surface area contributed by atoms with E-state index in [1.165, 1.54) is 11.5 Å². The van der Waals surface area contributed by atoms with Gasteiger partial charge in [0.15, 0.2) is 4.34 Å². The van der Waals surface area contributed by atoms with Crippen molar-refractivity contribution in [1.82, 2.24) is 9.36 Å². The zero-order chi connectivity index (χ0) is 10.4. The smallest absolute Gasteiger partial charge is 0.170 e. The maximum absolute atomic E-state index is 5.73. The fourth-order valence-corrected chi connectivity index (χ4v) is 2.82. The lowest BCUT2D eigenvalue weighted by Crippen LogP contribution is -1.98. The highest BCUT2D eigenvalue weighted by Gasteiger charge is 2.06. The van der Waals surface area contributed by atoms with Gasteiger partial charge in [0.05, 0.1) is 0 Å². The van der Waals surface area contributed by atoms with Crippen LogP contribution in [0.3, 0.4) is 0 Å². The lowest BCUT2D eigenvalue weighted by atomic mass is 10.3. The van der Waals surface area contributed by atoms with E-state index in [0.29, 0.717) is 11.8 Å². The number of aryl methyl sites for hydroxylation is 1. The van der Waals surface area contributed by atoms with E-state index in [2.05, 4.69) is 23.2 Å². The number of thioether (sulfide) groups is 1. The molecule has 0 saturated carbocycles. The van der Waals surface area contributed by atoms with Crippen LogP contribution in [0.1, 0.15) is 26.1 Å². The van der Waals surface area contributed by atoms with Crippen molar-refractivity contribution in [3.63, 3.8) is 0 Å². The summed E-state index contributed by atoms with van der Waals surface area (Å²) in [4.78, 5) is 4.43. The van der Waals surface area contributed by atoms with Crippen LogP contribution in [0.5, 0.6) is 0 Å². The summed E-state index contributed by atoms with van der Waals surface area (Å²) < 4.78 is 5.36. The Hall–Kier alpha value is 0.200. The second kappa shape index (κ2) is 6.64. The summed E-state index contributed by atoms with van der Waals surface area (Å²) in [6.45, 7) is 4.29. The van der Waals surface area contributed by atoms with Crippen LogP contribution in [-0.4, -0.2) is 21.0 Å². The molecule has 1 aromatic rings. The Labute approximate surface area is 98.6 Å². The minimum atomic E-state index is 0.542. The molecule has 0 aliphatic heterocycles. The van der Waals surface area contributed by atoms with E-state index in [4.69, 9.17) is 11.6 Å². The molecule has 0 fully saturated rings. The molecule has 0 amide bonds. The van der Waals surface area contributed by atoms with Crippen LogP contribution in [0.25, 0.3) is 0 Å². The zero-order valence-electron chi connectivity index (χ0n) is 8.49. The van der Waals surface area contributed by atoms with Gasteiger partial charge in [0, 0.05) is 18.1 Å².